The Morgan fingerprint density at radius 1 is 1.44 bits per heavy atom. The predicted octanol–water partition coefficient (Wildman–Crippen LogP) is 3.29. The molecule has 2 aromatic rings. The van der Waals surface area contributed by atoms with Crippen molar-refractivity contribution >= 4 is 22.2 Å². The maximum absolute atomic E-state index is 10.7. The lowest BCUT2D eigenvalue weighted by molar-refractivity contribution is -0.384. The number of nitrogens with one attached hydrogen (secondary N) is 1. The molecule has 18 heavy (non-hydrogen) atoms. The highest BCUT2D eigenvalue weighted by atomic mass is 32.1. The Bertz CT molecular complexity index is 593. The zero-order valence-electron chi connectivity index (χ0n) is 9.50. The summed E-state index contributed by atoms with van der Waals surface area (Å²) in [5, 5.41) is 16.8. The van der Waals surface area contributed by atoms with Crippen molar-refractivity contribution in [3.05, 3.63) is 39.8 Å². The molecule has 1 fully saturated rings. The summed E-state index contributed by atoms with van der Waals surface area (Å²) in [6.07, 6.45) is 2.40. The molecule has 5 nitrogen and oxygen atoms in total. The first kappa shape index (κ1) is 11.2. The monoisotopic (exact) mass is 261 g/mol. The Balaban J connectivity index is 1.86. The minimum absolute atomic E-state index is 0.0946. The smallest absolute Gasteiger partial charge is 0.270 e. The van der Waals surface area contributed by atoms with Gasteiger partial charge in [-0.05, 0) is 12.8 Å². The van der Waals surface area contributed by atoms with Crippen molar-refractivity contribution in [3.63, 3.8) is 0 Å². The Kier molecular flexibility index (Phi) is 2.71. The zero-order valence-corrected chi connectivity index (χ0v) is 10.3. The van der Waals surface area contributed by atoms with Gasteiger partial charge in [0.2, 0.25) is 0 Å². The molecule has 1 heterocycles. The number of nitro groups is 1. The minimum Gasteiger partial charge on any atom is -0.359 e. The number of aromatic nitrogens is 1. The summed E-state index contributed by atoms with van der Waals surface area (Å²) in [6.45, 7) is 0. The number of rotatable bonds is 4. The van der Waals surface area contributed by atoms with Crippen LogP contribution in [0.3, 0.4) is 0 Å². The van der Waals surface area contributed by atoms with Crippen molar-refractivity contribution in [1.82, 2.24) is 4.98 Å². The normalized spacial score (nSPS) is 14.4. The second-order valence-corrected chi connectivity index (χ2v) is 5.12. The van der Waals surface area contributed by atoms with Gasteiger partial charge in [-0.2, -0.15) is 0 Å². The van der Waals surface area contributed by atoms with E-state index in [4.69, 9.17) is 0 Å². The third-order valence-electron chi connectivity index (χ3n) is 2.76. The highest BCUT2D eigenvalue weighted by molar-refractivity contribution is 7.14. The van der Waals surface area contributed by atoms with Gasteiger partial charge in [0.25, 0.3) is 5.69 Å². The van der Waals surface area contributed by atoms with E-state index in [2.05, 4.69) is 10.3 Å². The first-order valence-corrected chi connectivity index (χ1v) is 6.57. The molecule has 0 amide bonds. The fourth-order valence-electron chi connectivity index (χ4n) is 1.65. The van der Waals surface area contributed by atoms with Crippen molar-refractivity contribution < 1.29 is 4.92 Å². The molecule has 1 aliphatic carbocycles. The van der Waals surface area contributed by atoms with Crippen LogP contribution in [0.5, 0.6) is 0 Å². The molecule has 1 aromatic carbocycles. The number of hydrogen-bond donors (Lipinski definition) is 1. The molecule has 1 aromatic heterocycles. The molecule has 6 heteroatoms. The van der Waals surface area contributed by atoms with Crippen LogP contribution in [0.4, 0.5) is 10.8 Å². The van der Waals surface area contributed by atoms with Gasteiger partial charge in [0, 0.05) is 29.1 Å². The lowest BCUT2D eigenvalue weighted by Crippen LogP contribution is -1.99. The van der Waals surface area contributed by atoms with E-state index in [1.54, 1.807) is 12.1 Å². The van der Waals surface area contributed by atoms with Crippen LogP contribution in [0.15, 0.2) is 29.6 Å². The quantitative estimate of drug-likeness (QED) is 0.677. The van der Waals surface area contributed by atoms with Gasteiger partial charge in [0.15, 0.2) is 5.13 Å². The van der Waals surface area contributed by atoms with E-state index < -0.39 is 0 Å². The van der Waals surface area contributed by atoms with Crippen LogP contribution >= 0.6 is 11.3 Å². The number of non-ortho nitro benzene ring substituents is 1. The molecule has 0 spiro atoms. The van der Waals surface area contributed by atoms with E-state index in [1.165, 1.54) is 30.2 Å². The molecule has 0 bridgehead atoms. The fraction of sp³-hybridized carbons (Fsp3) is 0.250. The van der Waals surface area contributed by atoms with Crippen LogP contribution in [0.2, 0.25) is 0 Å². The van der Waals surface area contributed by atoms with Crippen molar-refractivity contribution in [2.75, 3.05) is 5.32 Å². The Morgan fingerprint density at radius 3 is 3.00 bits per heavy atom. The van der Waals surface area contributed by atoms with Gasteiger partial charge < -0.3 is 5.32 Å². The average Bonchev–Trinajstić information content (AvgIpc) is 3.05. The van der Waals surface area contributed by atoms with E-state index in [-0.39, 0.29) is 10.6 Å². The number of hydrogen-bond acceptors (Lipinski definition) is 5. The summed E-state index contributed by atoms with van der Waals surface area (Å²) in [5.74, 6) is 0. The SMILES string of the molecule is O=[N+]([O-])c1cccc(-c2csc(NC3CC3)n2)c1. The molecule has 0 atom stereocenters. The highest BCUT2D eigenvalue weighted by Gasteiger charge is 2.22. The molecular formula is C12H11N3O2S. The lowest BCUT2D eigenvalue weighted by atomic mass is 10.1. The van der Waals surface area contributed by atoms with Crippen LogP contribution in [-0.2, 0) is 0 Å². The van der Waals surface area contributed by atoms with Gasteiger partial charge in [-0.25, -0.2) is 4.98 Å². The summed E-state index contributed by atoms with van der Waals surface area (Å²) in [4.78, 5) is 14.8. The molecule has 1 aliphatic rings. The van der Waals surface area contributed by atoms with E-state index in [9.17, 15) is 10.1 Å². The Labute approximate surface area is 108 Å². The Hall–Kier alpha value is -1.95. The molecule has 1 saturated carbocycles. The molecule has 3 rings (SSSR count). The summed E-state index contributed by atoms with van der Waals surface area (Å²) < 4.78 is 0. The van der Waals surface area contributed by atoms with Crippen molar-refractivity contribution in [1.29, 1.82) is 0 Å². The summed E-state index contributed by atoms with van der Waals surface area (Å²) in [7, 11) is 0. The summed E-state index contributed by atoms with van der Waals surface area (Å²) in [5.41, 5.74) is 1.66. The van der Waals surface area contributed by atoms with Gasteiger partial charge in [-0.1, -0.05) is 12.1 Å². The summed E-state index contributed by atoms with van der Waals surface area (Å²) in [6, 6.07) is 7.12. The molecule has 0 aliphatic heterocycles. The van der Waals surface area contributed by atoms with Crippen LogP contribution < -0.4 is 5.32 Å². The zero-order chi connectivity index (χ0) is 12.5. The number of benzene rings is 1. The van der Waals surface area contributed by atoms with E-state index >= 15 is 0 Å². The maximum Gasteiger partial charge on any atom is 0.270 e. The molecular weight excluding hydrogens is 250 g/mol. The number of thiazole rings is 1. The molecule has 0 radical (unpaired) electrons. The van der Waals surface area contributed by atoms with Crippen LogP contribution in [0, 0.1) is 10.1 Å². The maximum atomic E-state index is 10.7. The Morgan fingerprint density at radius 2 is 2.28 bits per heavy atom. The molecule has 92 valence electrons. The topological polar surface area (TPSA) is 68.1 Å². The van der Waals surface area contributed by atoms with Gasteiger partial charge >= 0.3 is 0 Å². The predicted molar refractivity (Wildman–Crippen MR) is 70.8 cm³/mol. The largest absolute Gasteiger partial charge is 0.359 e. The molecule has 0 saturated heterocycles. The van der Waals surface area contributed by atoms with Gasteiger partial charge in [-0.15, -0.1) is 11.3 Å². The first-order chi connectivity index (χ1) is 8.72. The van der Waals surface area contributed by atoms with Gasteiger partial charge in [0.1, 0.15) is 0 Å². The van der Waals surface area contributed by atoms with Crippen molar-refractivity contribution in [2.45, 2.75) is 18.9 Å². The average molecular weight is 261 g/mol. The van der Waals surface area contributed by atoms with Crippen LogP contribution in [0.25, 0.3) is 11.3 Å². The highest BCUT2D eigenvalue weighted by Crippen LogP contribution is 2.30. The standard InChI is InChI=1S/C12H11N3O2S/c16-15(17)10-3-1-2-8(6-10)11-7-18-12(14-11)13-9-4-5-9/h1-3,6-7,9H,4-5H2,(H,13,14). The number of nitrogens with zero attached hydrogens (tertiary/aromatic N) is 2. The molecule has 1 N–H and O–H groups in total. The third-order valence-corrected chi connectivity index (χ3v) is 3.54. The van der Waals surface area contributed by atoms with Crippen molar-refractivity contribution in [2.24, 2.45) is 0 Å². The van der Waals surface area contributed by atoms with Gasteiger partial charge in [-0.3, -0.25) is 10.1 Å². The van der Waals surface area contributed by atoms with E-state index in [0.29, 0.717) is 6.04 Å². The van der Waals surface area contributed by atoms with Crippen molar-refractivity contribution in [3.8, 4) is 11.3 Å². The summed E-state index contributed by atoms with van der Waals surface area (Å²) >= 11 is 1.53. The van der Waals surface area contributed by atoms with Crippen LogP contribution in [0.1, 0.15) is 12.8 Å². The minimum atomic E-state index is -0.390. The van der Waals surface area contributed by atoms with E-state index in [0.717, 1.165) is 16.4 Å². The number of nitro benzene ring substituents is 1. The second-order valence-electron chi connectivity index (χ2n) is 4.26. The van der Waals surface area contributed by atoms with E-state index in [1.807, 2.05) is 11.4 Å². The van der Waals surface area contributed by atoms with Gasteiger partial charge in [0.05, 0.1) is 10.6 Å². The number of anilines is 1. The molecule has 0 unspecified atom stereocenters. The van der Waals surface area contributed by atoms with Crippen LogP contribution in [-0.4, -0.2) is 15.9 Å². The third kappa shape index (κ3) is 2.33. The fourth-order valence-corrected chi connectivity index (χ4v) is 2.45. The first-order valence-electron chi connectivity index (χ1n) is 5.69. The lowest BCUT2D eigenvalue weighted by Gasteiger charge is -1.98. The second kappa shape index (κ2) is 4.38.